The van der Waals surface area contributed by atoms with Crippen molar-refractivity contribution in [1.82, 2.24) is 4.90 Å². The van der Waals surface area contributed by atoms with Gasteiger partial charge in [0.05, 0.1) is 7.11 Å². The highest BCUT2D eigenvalue weighted by atomic mass is 16.5. The van der Waals surface area contributed by atoms with Gasteiger partial charge < -0.3 is 15.4 Å². The lowest BCUT2D eigenvalue weighted by Crippen LogP contribution is -2.48. The molecule has 0 bridgehead atoms. The Labute approximate surface area is 125 Å². The van der Waals surface area contributed by atoms with Crippen molar-refractivity contribution < 1.29 is 14.3 Å². The Balaban J connectivity index is 1.94. The number of carbonyl (C=O) groups is 2. The van der Waals surface area contributed by atoms with Crippen LogP contribution >= 0.6 is 0 Å². The van der Waals surface area contributed by atoms with Gasteiger partial charge in [-0.2, -0.15) is 0 Å². The highest BCUT2D eigenvalue weighted by Gasteiger charge is 2.32. The number of nitrogens with zero attached hydrogens (tertiary/aromatic N) is 1. The lowest BCUT2D eigenvalue weighted by atomic mass is 10.0. The first-order chi connectivity index (χ1) is 10.1. The second kappa shape index (κ2) is 7.11. The second-order valence-corrected chi connectivity index (χ2v) is 5.36. The van der Waals surface area contributed by atoms with Crippen molar-refractivity contribution in [3.63, 3.8) is 0 Å². The molecule has 5 heteroatoms. The molecule has 2 rings (SSSR count). The van der Waals surface area contributed by atoms with Crippen LogP contribution in [0.25, 0.3) is 0 Å². The van der Waals surface area contributed by atoms with Crippen LogP contribution in [0.4, 0.5) is 5.69 Å². The number of anilines is 1. The number of nitrogen functional groups attached to an aromatic ring is 1. The first kappa shape index (κ1) is 15.4. The summed E-state index contributed by atoms with van der Waals surface area (Å²) in [5.41, 5.74) is 7.43. The van der Waals surface area contributed by atoms with Gasteiger partial charge in [-0.25, -0.2) is 4.79 Å². The molecule has 0 aromatic heterocycles. The summed E-state index contributed by atoms with van der Waals surface area (Å²) in [5.74, 6) is -0.294. The number of esters is 1. The van der Waals surface area contributed by atoms with Crippen molar-refractivity contribution in [3.8, 4) is 0 Å². The molecule has 0 saturated carbocycles. The number of carbonyl (C=O) groups excluding carboxylic acids is 2. The molecule has 1 atom stereocenters. The molecule has 1 aromatic carbocycles. The van der Waals surface area contributed by atoms with E-state index in [1.165, 1.54) is 7.11 Å². The van der Waals surface area contributed by atoms with Crippen LogP contribution in [0.5, 0.6) is 0 Å². The minimum atomic E-state index is -0.414. The molecule has 0 spiro atoms. The zero-order valence-corrected chi connectivity index (χ0v) is 12.4. The first-order valence-corrected chi connectivity index (χ1v) is 7.33. The highest BCUT2D eigenvalue weighted by Crippen LogP contribution is 2.20. The predicted molar refractivity (Wildman–Crippen MR) is 80.5 cm³/mol. The molecule has 1 heterocycles. The quantitative estimate of drug-likeness (QED) is 0.677. The van der Waals surface area contributed by atoms with Gasteiger partial charge in [0.2, 0.25) is 5.91 Å². The van der Waals surface area contributed by atoms with Crippen LogP contribution in [-0.4, -0.2) is 36.5 Å². The molecule has 114 valence electrons. The van der Waals surface area contributed by atoms with Gasteiger partial charge in [0, 0.05) is 18.7 Å². The van der Waals surface area contributed by atoms with E-state index in [2.05, 4.69) is 0 Å². The third-order valence-electron chi connectivity index (χ3n) is 3.90. The second-order valence-electron chi connectivity index (χ2n) is 5.36. The number of ether oxygens (including phenoxy) is 1. The Morgan fingerprint density at radius 1 is 1.29 bits per heavy atom. The van der Waals surface area contributed by atoms with Crippen molar-refractivity contribution in [2.24, 2.45) is 0 Å². The van der Waals surface area contributed by atoms with Crippen molar-refractivity contribution in [2.75, 3.05) is 19.4 Å². The normalized spacial score (nSPS) is 18.3. The maximum Gasteiger partial charge on any atom is 0.328 e. The maximum absolute atomic E-state index is 12.4. The van der Waals surface area contributed by atoms with E-state index in [-0.39, 0.29) is 11.9 Å². The van der Waals surface area contributed by atoms with Crippen LogP contribution in [0.1, 0.15) is 31.2 Å². The number of rotatable bonds is 4. The van der Waals surface area contributed by atoms with Crippen molar-refractivity contribution in [1.29, 1.82) is 0 Å². The maximum atomic E-state index is 12.4. The fraction of sp³-hybridized carbons (Fsp3) is 0.500. The van der Waals surface area contributed by atoms with E-state index in [1.807, 2.05) is 24.3 Å². The molecule has 2 N–H and O–H groups in total. The molecule has 1 unspecified atom stereocenters. The molecule has 1 aromatic rings. The van der Waals surface area contributed by atoms with Gasteiger partial charge in [-0.3, -0.25) is 4.79 Å². The molecule has 21 heavy (non-hydrogen) atoms. The van der Waals surface area contributed by atoms with Gasteiger partial charge in [0.1, 0.15) is 6.04 Å². The summed E-state index contributed by atoms with van der Waals surface area (Å²) in [4.78, 5) is 25.8. The lowest BCUT2D eigenvalue weighted by molar-refractivity contribution is -0.154. The van der Waals surface area contributed by atoms with Gasteiger partial charge in [0.15, 0.2) is 0 Å². The topological polar surface area (TPSA) is 72.6 Å². The first-order valence-electron chi connectivity index (χ1n) is 7.33. The molecule has 1 fully saturated rings. The van der Waals surface area contributed by atoms with Gasteiger partial charge >= 0.3 is 5.97 Å². The summed E-state index contributed by atoms with van der Waals surface area (Å²) in [7, 11) is 1.37. The summed E-state index contributed by atoms with van der Waals surface area (Å²) >= 11 is 0. The van der Waals surface area contributed by atoms with E-state index in [1.54, 1.807) is 4.90 Å². The number of aryl methyl sites for hydroxylation is 1. The number of methoxy groups -OCH3 is 1. The summed E-state index contributed by atoms with van der Waals surface area (Å²) in [6.45, 7) is 0.639. The minimum Gasteiger partial charge on any atom is -0.467 e. The van der Waals surface area contributed by atoms with Crippen molar-refractivity contribution >= 4 is 17.6 Å². The Hall–Kier alpha value is -2.04. The van der Waals surface area contributed by atoms with Gasteiger partial charge in [-0.15, -0.1) is 0 Å². The fourth-order valence-electron chi connectivity index (χ4n) is 2.69. The van der Waals surface area contributed by atoms with Gasteiger partial charge in [-0.1, -0.05) is 12.1 Å². The molecular weight excluding hydrogens is 268 g/mol. The van der Waals surface area contributed by atoms with Crippen molar-refractivity contribution in [3.05, 3.63) is 29.8 Å². The number of hydrogen-bond donors (Lipinski definition) is 1. The molecule has 5 nitrogen and oxygen atoms in total. The van der Waals surface area contributed by atoms with Gasteiger partial charge in [0.25, 0.3) is 0 Å². The average Bonchev–Trinajstić information content (AvgIpc) is 2.53. The molecule has 1 aliphatic heterocycles. The van der Waals surface area contributed by atoms with E-state index in [9.17, 15) is 9.59 Å². The zero-order valence-electron chi connectivity index (χ0n) is 12.4. The van der Waals surface area contributed by atoms with Crippen molar-refractivity contribution in [2.45, 2.75) is 38.1 Å². The lowest BCUT2D eigenvalue weighted by Gasteiger charge is -2.33. The van der Waals surface area contributed by atoms with Crippen LogP contribution in [0, 0.1) is 0 Å². The summed E-state index contributed by atoms with van der Waals surface area (Å²) < 4.78 is 4.80. The van der Waals surface area contributed by atoms with Crippen LogP contribution < -0.4 is 5.73 Å². The summed E-state index contributed by atoms with van der Waals surface area (Å²) in [5, 5.41) is 0. The molecule has 0 radical (unpaired) electrons. The van der Waals surface area contributed by atoms with E-state index < -0.39 is 6.04 Å². The Kier molecular flexibility index (Phi) is 5.20. The largest absolute Gasteiger partial charge is 0.467 e. The van der Waals surface area contributed by atoms with Gasteiger partial charge in [-0.05, 0) is 43.4 Å². The monoisotopic (exact) mass is 290 g/mol. The Bertz CT molecular complexity index is 499. The van der Waals surface area contributed by atoms with E-state index in [0.29, 0.717) is 31.5 Å². The Morgan fingerprint density at radius 2 is 2.00 bits per heavy atom. The van der Waals surface area contributed by atoms with Crippen LogP contribution in [-0.2, 0) is 20.7 Å². The molecule has 1 amide bonds. The van der Waals surface area contributed by atoms with E-state index in [4.69, 9.17) is 10.5 Å². The zero-order chi connectivity index (χ0) is 15.2. The number of piperidine rings is 1. The predicted octanol–water partition coefficient (Wildman–Crippen LogP) is 1.76. The number of likely N-dealkylation sites (tertiary alicyclic amines) is 1. The van der Waals surface area contributed by atoms with Crippen LogP contribution in [0.3, 0.4) is 0 Å². The molecule has 0 aliphatic carbocycles. The van der Waals surface area contributed by atoms with E-state index >= 15 is 0 Å². The van der Waals surface area contributed by atoms with Crippen LogP contribution in [0.15, 0.2) is 24.3 Å². The number of hydrogen-bond acceptors (Lipinski definition) is 4. The summed E-state index contributed by atoms with van der Waals surface area (Å²) in [6, 6.07) is 7.10. The van der Waals surface area contributed by atoms with Crippen LogP contribution in [0.2, 0.25) is 0 Å². The smallest absolute Gasteiger partial charge is 0.328 e. The molecular formula is C16H22N2O3. The SMILES string of the molecule is COC(=O)C1CCCCN1C(=O)CCc1ccc(N)cc1. The Morgan fingerprint density at radius 3 is 2.67 bits per heavy atom. The van der Waals surface area contributed by atoms with E-state index in [0.717, 1.165) is 18.4 Å². The number of amides is 1. The molecule has 1 aliphatic rings. The average molecular weight is 290 g/mol. The standard InChI is InChI=1S/C16H22N2O3/c1-21-16(20)14-4-2-3-11-18(14)15(19)10-7-12-5-8-13(17)9-6-12/h5-6,8-9,14H,2-4,7,10-11,17H2,1H3. The highest BCUT2D eigenvalue weighted by molar-refractivity contribution is 5.84. The fourth-order valence-corrected chi connectivity index (χ4v) is 2.69. The number of nitrogens with two attached hydrogens (primary N) is 1. The molecule has 1 saturated heterocycles. The minimum absolute atomic E-state index is 0.0157. The number of benzene rings is 1. The third-order valence-corrected chi connectivity index (χ3v) is 3.90. The third kappa shape index (κ3) is 3.97. The summed E-state index contributed by atoms with van der Waals surface area (Å²) in [6.07, 6.45) is 3.66.